The Kier molecular flexibility index (Phi) is 6.66. The van der Waals surface area contributed by atoms with Crippen molar-refractivity contribution < 1.29 is 22.7 Å². The molecule has 3 heterocycles. The lowest BCUT2D eigenvalue weighted by molar-refractivity contribution is -0.143. The Bertz CT molecular complexity index is 1710. The Morgan fingerprint density at radius 3 is 2.71 bits per heavy atom. The number of fused-ring (bicyclic) bond motifs is 4. The number of alkyl halides is 3. The summed E-state index contributed by atoms with van der Waals surface area (Å²) in [6, 6.07) is 14.6. The van der Waals surface area contributed by atoms with Gasteiger partial charge in [0.05, 0.1) is 30.6 Å². The number of ether oxygens (including phenoxy) is 1. The number of halogens is 3. The molecular weight excluding hydrogens is 533 g/mol. The molecule has 4 aromatic rings. The Balaban J connectivity index is 1.34. The summed E-state index contributed by atoms with van der Waals surface area (Å²) in [6.45, 7) is 3.97. The number of nitriles is 1. The van der Waals surface area contributed by atoms with Gasteiger partial charge in [-0.25, -0.2) is 9.50 Å². The van der Waals surface area contributed by atoms with Crippen LogP contribution in [0.3, 0.4) is 0 Å². The van der Waals surface area contributed by atoms with Crippen molar-refractivity contribution in [3.05, 3.63) is 82.2 Å². The van der Waals surface area contributed by atoms with E-state index in [4.69, 9.17) is 4.74 Å². The summed E-state index contributed by atoms with van der Waals surface area (Å²) in [7, 11) is 1.54. The summed E-state index contributed by atoms with van der Waals surface area (Å²) in [6.07, 6.45) is -2.95. The molecule has 2 aromatic carbocycles. The highest BCUT2D eigenvalue weighted by atomic mass is 19.4. The number of methoxy groups -OCH3 is 1. The van der Waals surface area contributed by atoms with Crippen LogP contribution in [0.1, 0.15) is 45.2 Å². The maximum atomic E-state index is 14.5. The Hall–Kier alpha value is -4.43. The average Bonchev–Trinajstić information content (AvgIpc) is 3.38. The molecule has 0 N–H and O–H groups in total. The van der Waals surface area contributed by atoms with Crippen LogP contribution in [0.5, 0.6) is 5.75 Å². The summed E-state index contributed by atoms with van der Waals surface area (Å²) in [5.41, 5.74) is 2.29. The summed E-state index contributed by atoms with van der Waals surface area (Å²) in [4.78, 5) is 22.3. The minimum absolute atomic E-state index is 0.0362. The number of amides is 1. The van der Waals surface area contributed by atoms with Gasteiger partial charge in [0.1, 0.15) is 11.3 Å². The van der Waals surface area contributed by atoms with Gasteiger partial charge in [-0.15, -0.1) is 0 Å². The first-order valence-corrected chi connectivity index (χ1v) is 13.4. The highest BCUT2D eigenvalue weighted by molar-refractivity contribution is 6.00. The standard InChI is InChI=1S/C30H27F3N6O2/c1-18-16-37(17-21-6-4-3-5-20(21)14-34)11-12-38(18)29(40)25-15-35-39-27(30(31,32)33)24-9-7-19-13-22(41-2)8-10-23(19)26(24)36-28(25)39/h3-6,8,10,13,15,18H,7,9,11-12,16-17H2,1-2H3/t18-/m1/s1. The minimum atomic E-state index is -4.69. The molecule has 0 radical (unpaired) electrons. The van der Waals surface area contributed by atoms with Crippen molar-refractivity contribution in [3.8, 4) is 23.1 Å². The normalized spacial score (nSPS) is 17.2. The van der Waals surface area contributed by atoms with Crippen molar-refractivity contribution in [2.75, 3.05) is 26.7 Å². The molecule has 0 saturated carbocycles. The molecule has 1 amide bonds. The topological polar surface area (TPSA) is 86.8 Å². The lowest BCUT2D eigenvalue weighted by atomic mass is 9.87. The van der Waals surface area contributed by atoms with Crippen LogP contribution in [0.2, 0.25) is 0 Å². The molecule has 1 aliphatic carbocycles. The molecule has 0 bridgehead atoms. The number of carbonyl (C=O) groups excluding carboxylic acids is 1. The zero-order valence-corrected chi connectivity index (χ0v) is 22.6. The van der Waals surface area contributed by atoms with Gasteiger partial charge in [0, 0.05) is 43.3 Å². The number of rotatable bonds is 4. The third kappa shape index (κ3) is 4.68. The van der Waals surface area contributed by atoms with Crippen molar-refractivity contribution in [3.63, 3.8) is 0 Å². The highest BCUT2D eigenvalue weighted by Gasteiger charge is 2.41. The van der Waals surface area contributed by atoms with Crippen LogP contribution in [-0.2, 0) is 25.6 Å². The number of benzene rings is 2. The maximum absolute atomic E-state index is 14.5. The van der Waals surface area contributed by atoms with Crippen molar-refractivity contribution in [1.29, 1.82) is 5.26 Å². The molecule has 11 heteroatoms. The van der Waals surface area contributed by atoms with E-state index in [-0.39, 0.29) is 34.9 Å². The van der Waals surface area contributed by atoms with E-state index >= 15 is 0 Å². The summed E-state index contributed by atoms with van der Waals surface area (Å²) in [5.74, 6) is 0.213. The number of carbonyl (C=O) groups is 1. The second-order valence-electron chi connectivity index (χ2n) is 10.5. The van der Waals surface area contributed by atoms with Gasteiger partial charge in [0.15, 0.2) is 11.3 Å². The molecule has 210 valence electrons. The van der Waals surface area contributed by atoms with E-state index in [1.165, 1.54) is 13.3 Å². The lowest BCUT2D eigenvalue weighted by Crippen LogP contribution is -2.53. The first-order valence-electron chi connectivity index (χ1n) is 13.4. The van der Waals surface area contributed by atoms with E-state index in [9.17, 15) is 23.2 Å². The predicted octanol–water partition coefficient (Wildman–Crippen LogP) is 4.74. The fourth-order valence-corrected chi connectivity index (χ4v) is 5.96. The molecule has 1 fully saturated rings. The van der Waals surface area contributed by atoms with Gasteiger partial charge >= 0.3 is 6.18 Å². The summed E-state index contributed by atoms with van der Waals surface area (Å²) in [5, 5.41) is 13.5. The van der Waals surface area contributed by atoms with Crippen LogP contribution in [0, 0.1) is 11.3 Å². The Labute approximate surface area is 234 Å². The maximum Gasteiger partial charge on any atom is 0.433 e. The van der Waals surface area contributed by atoms with Gasteiger partial charge in [0.25, 0.3) is 5.91 Å². The van der Waals surface area contributed by atoms with Crippen molar-refractivity contribution in [1.82, 2.24) is 24.4 Å². The number of aryl methyl sites for hydroxylation is 1. The van der Waals surface area contributed by atoms with E-state index in [2.05, 4.69) is 21.1 Å². The smallest absolute Gasteiger partial charge is 0.433 e. The number of hydrogen-bond donors (Lipinski definition) is 0. The van der Waals surface area contributed by atoms with Gasteiger partial charge in [-0.3, -0.25) is 9.69 Å². The number of piperazine rings is 1. The zero-order chi connectivity index (χ0) is 28.9. The predicted molar refractivity (Wildman–Crippen MR) is 144 cm³/mol. The molecule has 0 unspecified atom stereocenters. The fraction of sp³-hybridized carbons (Fsp3) is 0.333. The largest absolute Gasteiger partial charge is 0.497 e. The SMILES string of the molecule is COc1ccc2c(c1)CCc1c-2nc2c(C(=O)N3CCN(Cc4ccccc4C#N)C[C@H]3C)cnn2c1C(F)(F)F. The van der Waals surface area contributed by atoms with Crippen LogP contribution in [0.4, 0.5) is 13.2 Å². The third-order valence-electron chi connectivity index (χ3n) is 7.96. The van der Waals surface area contributed by atoms with Crippen LogP contribution in [-0.4, -0.2) is 63.1 Å². The molecule has 41 heavy (non-hydrogen) atoms. The van der Waals surface area contributed by atoms with Crippen molar-refractivity contribution in [2.45, 2.75) is 38.5 Å². The second-order valence-corrected chi connectivity index (χ2v) is 10.5. The molecule has 2 aliphatic rings. The van der Waals surface area contributed by atoms with Gasteiger partial charge in [-0.1, -0.05) is 18.2 Å². The highest BCUT2D eigenvalue weighted by Crippen LogP contribution is 2.41. The molecule has 8 nitrogen and oxygen atoms in total. The average molecular weight is 561 g/mol. The molecule has 1 saturated heterocycles. The van der Waals surface area contributed by atoms with Gasteiger partial charge < -0.3 is 9.64 Å². The van der Waals surface area contributed by atoms with E-state index in [0.717, 1.165) is 15.6 Å². The van der Waals surface area contributed by atoms with Crippen LogP contribution >= 0.6 is 0 Å². The first kappa shape index (κ1) is 26.8. The van der Waals surface area contributed by atoms with Gasteiger partial charge in [-0.05, 0) is 55.2 Å². The Morgan fingerprint density at radius 2 is 1.98 bits per heavy atom. The van der Waals surface area contributed by atoms with Crippen molar-refractivity contribution >= 4 is 11.6 Å². The quantitative estimate of drug-likeness (QED) is 0.359. The van der Waals surface area contributed by atoms with Crippen LogP contribution < -0.4 is 4.74 Å². The molecule has 1 atom stereocenters. The number of nitrogens with zero attached hydrogens (tertiary/aromatic N) is 6. The lowest BCUT2D eigenvalue weighted by Gasteiger charge is -2.39. The molecule has 6 rings (SSSR count). The molecular formula is C30H27F3N6O2. The van der Waals surface area contributed by atoms with Crippen LogP contribution in [0.15, 0.2) is 48.7 Å². The Morgan fingerprint density at radius 1 is 1.17 bits per heavy atom. The molecule has 0 spiro atoms. The molecule has 2 aromatic heterocycles. The van der Waals surface area contributed by atoms with E-state index in [1.807, 2.05) is 31.2 Å². The second kappa shape index (κ2) is 10.2. The fourth-order valence-electron chi connectivity index (χ4n) is 5.96. The zero-order valence-electron chi connectivity index (χ0n) is 22.6. The van der Waals surface area contributed by atoms with Crippen molar-refractivity contribution in [2.24, 2.45) is 0 Å². The first-order chi connectivity index (χ1) is 19.7. The summed E-state index contributed by atoms with van der Waals surface area (Å²) >= 11 is 0. The monoisotopic (exact) mass is 560 g/mol. The van der Waals surface area contributed by atoms with E-state index < -0.39 is 17.8 Å². The van der Waals surface area contributed by atoms with E-state index in [0.29, 0.717) is 49.5 Å². The van der Waals surface area contributed by atoms with Gasteiger partial charge in [-0.2, -0.15) is 23.5 Å². The number of hydrogen-bond acceptors (Lipinski definition) is 6. The summed E-state index contributed by atoms with van der Waals surface area (Å²) < 4.78 is 49.5. The third-order valence-corrected chi connectivity index (χ3v) is 7.96. The van der Waals surface area contributed by atoms with Gasteiger partial charge in [0.2, 0.25) is 0 Å². The molecule has 1 aliphatic heterocycles. The van der Waals surface area contributed by atoms with Crippen LogP contribution in [0.25, 0.3) is 16.9 Å². The number of aromatic nitrogens is 3. The minimum Gasteiger partial charge on any atom is -0.497 e. The van der Waals surface area contributed by atoms with E-state index in [1.54, 1.807) is 23.1 Å².